The Morgan fingerprint density at radius 3 is 2.47 bits per heavy atom. The summed E-state index contributed by atoms with van der Waals surface area (Å²) in [7, 11) is 0. The van der Waals surface area contributed by atoms with Crippen LogP contribution in [0.1, 0.15) is 18.1 Å². The maximum Gasteiger partial charge on any atom is 0.417 e. The van der Waals surface area contributed by atoms with Gasteiger partial charge in [0, 0.05) is 11.4 Å². The first kappa shape index (κ1) is 13.5. The van der Waals surface area contributed by atoms with Gasteiger partial charge in [0.25, 0.3) is 0 Å². The van der Waals surface area contributed by atoms with Gasteiger partial charge in [-0.25, -0.2) is 0 Å². The van der Waals surface area contributed by atoms with E-state index >= 15 is 0 Å². The summed E-state index contributed by atoms with van der Waals surface area (Å²) in [4.78, 5) is 10.8. The molecule has 0 spiro atoms. The van der Waals surface area contributed by atoms with Crippen molar-refractivity contribution in [3.05, 3.63) is 27.7 Å². The molecule has 0 bridgehead atoms. The van der Waals surface area contributed by atoms with Gasteiger partial charge < -0.3 is 5.32 Å². The van der Waals surface area contributed by atoms with Gasteiger partial charge in [-0.05, 0) is 28.1 Å². The lowest BCUT2D eigenvalue weighted by atomic mass is 10.1. The van der Waals surface area contributed by atoms with E-state index in [2.05, 4.69) is 21.2 Å². The number of anilines is 1. The molecule has 90 valence electrons. The maximum atomic E-state index is 12.6. The first-order valence-electron chi connectivity index (χ1n) is 4.34. The normalized spacial score (nSPS) is 10.8. The van der Waals surface area contributed by atoms with E-state index in [0.29, 0.717) is 0 Å². The summed E-state index contributed by atoms with van der Waals surface area (Å²) in [5.41, 5.74) is -1.60. The molecule has 1 rings (SSSR count). The molecular weight excluding hydrogens is 301 g/mol. The Bertz CT molecular complexity index is 505. The van der Waals surface area contributed by atoms with E-state index in [9.17, 15) is 18.0 Å². The van der Waals surface area contributed by atoms with Crippen LogP contribution in [0.4, 0.5) is 18.9 Å². The number of carbonyl (C=O) groups is 1. The number of benzene rings is 1. The Labute approximate surface area is 103 Å². The van der Waals surface area contributed by atoms with Crippen LogP contribution in [0, 0.1) is 11.3 Å². The van der Waals surface area contributed by atoms with E-state index in [4.69, 9.17) is 5.26 Å². The van der Waals surface area contributed by atoms with Crippen LogP contribution < -0.4 is 5.32 Å². The second-order valence-corrected chi connectivity index (χ2v) is 4.02. The van der Waals surface area contributed by atoms with Gasteiger partial charge in [-0.15, -0.1) is 0 Å². The molecule has 0 radical (unpaired) electrons. The molecule has 3 nitrogen and oxygen atoms in total. The van der Waals surface area contributed by atoms with E-state index in [1.54, 1.807) is 0 Å². The van der Waals surface area contributed by atoms with Crippen LogP contribution in [0.5, 0.6) is 0 Å². The molecule has 0 aliphatic rings. The molecule has 1 N–H and O–H groups in total. The molecule has 0 unspecified atom stereocenters. The standard InChI is InChI=1S/C10H6BrF3N2O/c1-5(17)16-9-3-7(10(12,13)14)6(4-15)2-8(9)11/h2-3H,1H3,(H,16,17). The van der Waals surface area contributed by atoms with Crippen LogP contribution in [0.3, 0.4) is 0 Å². The molecule has 1 amide bonds. The number of hydrogen-bond acceptors (Lipinski definition) is 2. The van der Waals surface area contributed by atoms with E-state index in [1.165, 1.54) is 13.0 Å². The average Bonchev–Trinajstić information content (AvgIpc) is 2.18. The Hall–Kier alpha value is -1.55. The first-order chi connectivity index (χ1) is 7.75. The number of rotatable bonds is 1. The van der Waals surface area contributed by atoms with Crippen LogP contribution >= 0.6 is 15.9 Å². The quantitative estimate of drug-likeness (QED) is 0.865. The summed E-state index contributed by atoms with van der Waals surface area (Å²) in [6.07, 6.45) is -4.64. The Morgan fingerprint density at radius 1 is 1.47 bits per heavy atom. The number of halogens is 4. The highest BCUT2D eigenvalue weighted by Crippen LogP contribution is 2.36. The zero-order chi connectivity index (χ0) is 13.2. The molecule has 0 saturated carbocycles. The first-order valence-corrected chi connectivity index (χ1v) is 5.13. The predicted molar refractivity (Wildman–Crippen MR) is 58.2 cm³/mol. The fraction of sp³-hybridized carbons (Fsp3) is 0.200. The van der Waals surface area contributed by atoms with Crippen LogP contribution in [0.25, 0.3) is 0 Å². The number of alkyl halides is 3. The largest absolute Gasteiger partial charge is 0.417 e. The van der Waals surface area contributed by atoms with Gasteiger partial charge in [-0.3, -0.25) is 4.79 Å². The molecule has 0 aliphatic carbocycles. The van der Waals surface area contributed by atoms with Gasteiger partial charge in [0.1, 0.15) is 0 Å². The van der Waals surface area contributed by atoms with Gasteiger partial charge >= 0.3 is 6.18 Å². The highest BCUT2D eigenvalue weighted by molar-refractivity contribution is 9.10. The molecule has 1 aromatic rings. The van der Waals surface area contributed by atoms with Gasteiger partial charge in [0.05, 0.1) is 22.9 Å². The van der Waals surface area contributed by atoms with E-state index in [0.717, 1.165) is 12.1 Å². The van der Waals surface area contributed by atoms with Crippen molar-refractivity contribution in [2.24, 2.45) is 0 Å². The predicted octanol–water partition coefficient (Wildman–Crippen LogP) is 3.30. The third-order valence-corrected chi connectivity index (χ3v) is 2.50. The molecule has 0 atom stereocenters. The van der Waals surface area contributed by atoms with Crippen molar-refractivity contribution in [1.29, 1.82) is 5.26 Å². The monoisotopic (exact) mass is 306 g/mol. The summed E-state index contributed by atoms with van der Waals surface area (Å²) in [6.45, 7) is 1.18. The second kappa shape index (κ2) is 4.75. The Morgan fingerprint density at radius 2 is 2.06 bits per heavy atom. The highest BCUT2D eigenvalue weighted by atomic mass is 79.9. The Balaban J connectivity index is 3.39. The molecule has 1 aromatic carbocycles. The fourth-order valence-corrected chi connectivity index (χ4v) is 1.63. The number of nitrogens with one attached hydrogen (secondary N) is 1. The highest BCUT2D eigenvalue weighted by Gasteiger charge is 2.34. The van der Waals surface area contributed by atoms with E-state index < -0.39 is 23.2 Å². The van der Waals surface area contributed by atoms with Crippen molar-refractivity contribution in [3.8, 4) is 6.07 Å². The molecule has 7 heteroatoms. The maximum absolute atomic E-state index is 12.6. The summed E-state index contributed by atoms with van der Waals surface area (Å²) >= 11 is 2.98. The number of amides is 1. The molecular formula is C10H6BrF3N2O. The molecule has 0 heterocycles. The van der Waals surface area contributed by atoms with Crippen molar-refractivity contribution in [2.45, 2.75) is 13.1 Å². The fourth-order valence-electron chi connectivity index (χ4n) is 1.19. The minimum absolute atomic E-state index is 0.0242. The molecule has 17 heavy (non-hydrogen) atoms. The molecule has 0 aromatic heterocycles. The second-order valence-electron chi connectivity index (χ2n) is 3.17. The van der Waals surface area contributed by atoms with Crippen LogP contribution in [0.2, 0.25) is 0 Å². The van der Waals surface area contributed by atoms with Crippen LogP contribution in [-0.2, 0) is 11.0 Å². The smallest absolute Gasteiger partial charge is 0.325 e. The minimum Gasteiger partial charge on any atom is -0.325 e. The lowest BCUT2D eigenvalue weighted by molar-refractivity contribution is -0.137. The summed E-state index contributed by atoms with van der Waals surface area (Å²) in [5.74, 6) is -0.497. The number of carbonyl (C=O) groups excluding carboxylic acids is 1. The van der Waals surface area contributed by atoms with Crippen molar-refractivity contribution in [1.82, 2.24) is 0 Å². The minimum atomic E-state index is -4.64. The summed E-state index contributed by atoms with van der Waals surface area (Å²) in [5, 5.41) is 10.9. The van der Waals surface area contributed by atoms with Crippen molar-refractivity contribution >= 4 is 27.5 Å². The molecule has 0 fully saturated rings. The van der Waals surface area contributed by atoms with Crippen LogP contribution in [-0.4, -0.2) is 5.91 Å². The third kappa shape index (κ3) is 3.20. The lowest BCUT2D eigenvalue weighted by Gasteiger charge is -2.12. The van der Waals surface area contributed by atoms with E-state index in [1.807, 2.05) is 0 Å². The Kier molecular flexibility index (Phi) is 3.78. The number of hydrogen-bond donors (Lipinski definition) is 1. The molecule has 0 saturated heterocycles. The third-order valence-electron chi connectivity index (χ3n) is 1.84. The van der Waals surface area contributed by atoms with Gasteiger partial charge in [-0.1, -0.05) is 0 Å². The van der Waals surface area contributed by atoms with Gasteiger partial charge in [0.15, 0.2) is 0 Å². The zero-order valence-corrected chi connectivity index (χ0v) is 10.1. The summed E-state index contributed by atoms with van der Waals surface area (Å²) < 4.78 is 38.0. The number of nitriles is 1. The molecule has 0 aliphatic heterocycles. The zero-order valence-electron chi connectivity index (χ0n) is 8.52. The van der Waals surface area contributed by atoms with Gasteiger partial charge in [-0.2, -0.15) is 18.4 Å². The topological polar surface area (TPSA) is 52.9 Å². The van der Waals surface area contributed by atoms with Crippen molar-refractivity contribution < 1.29 is 18.0 Å². The number of nitrogens with zero attached hydrogens (tertiary/aromatic N) is 1. The van der Waals surface area contributed by atoms with Crippen molar-refractivity contribution in [3.63, 3.8) is 0 Å². The lowest BCUT2D eigenvalue weighted by Crippen LogP contribution is -2.12. The van der Waals surface area contributed by atoms with Crippen LogP contribution in [0.15, 0.2) is 16.6 Å². The average molecular weight is 307 g/mol. The SMILES string of the molecule is CC(=O)Nc1cc(C(F)(F)F)c(C#N)cc1Br. The van der Waals surface area contributed by atoms with Crippen molar-refractivity contribution in [2.75, 3.05) is 5.32 Å². The van der Waals surface area contributed by atoms with E-state index in [-0.39, 0.29) is 10.2 Å². The summed E-state index contributed by atoms with van der Waals surface area (Å²) in [6, 6.07) is 3.21. The van der Waals surface area contributed by atoms with Gasteiger partial charge in [0.2, 0.25) is 5.91 Å².